The predicted octanol–water partition coefficient (Wildman–Crippen LogP) is 1.64. The number of hydrogen-bond donors (Lipinski definition) is 5. The van der Waals surface area contributed by atoms with E-state index < -0.39 is 6.04 Å². The Morgan fingerprint density at radius 1 is 1.00 bits per heavy atom. The average Bonchev–Trinajstić information content (AvgIpc) is 2.84. The Morgan fingerprint density at radius 2 is 1.70 bits per heavy atom. The molecule has 2 bridgehead atoms. The number of nitrogens with one attached hydrogen (secondary N) is 4. The van der Waals surface area contributed by atoms with Crippen molar-refractivity contribution >= 4 is 23.6 Å². The Labute approximate surface area is 196 Å². The monoisotopic (exact) mass is 461 g/mol. The number of nitrogens with two attached hydrogens (primary N) is 1. The summed E-state index contributed by atoms with van der Waals surface area (Å²) in [6.07, 6.45) is 9.78. The van der Waals surface area contributed by atoms with Crippen LogP contribution in [0.4, 0.5) is 11.8 Å². The maximum atomic E-state index is 12.9. The number of hydrogen-bond acceptors (Lipinski definition) is 8. The zero-order valence-electron chi connectivity index (χ0n) is 19.5. The summed E-state index contributed by atoms with van der Waals surface area (Å²) >= 11 is 0. The van der Waals surface area contributed by atoms with Crippen LogP contribution in [0.2, 0.25) is 0 Å². The fraction of sp³-hybridized carbons (Fsp3) is 0.739. The van der Waals surface area contributed by atoms with Gasteiger partial charge in [-0.1, -0.05) is 12.8 Å². The second-order valence-electron chi connectivity index (χ2n) is 8.88. The van der Waals surface area contributed by atoms with Gasteiger partial charge in [0.25, 0.3) is 5.91 Å². The molecule has 10 nitrogen and oxygen atoms in total. The molecule has 1 saturated heterocycles. The zero-order valence-corrected chi connectivity index (χ0v) is 19.5. The largest absolute Gasteiger partial charge is 0.381 e. The minimum atomic E-state index is -0.481. The lowest BCUT2D eigenvalue weighted by atomic mass is 10.0. The number of aromatic nitrogens is 2. The first-order valence-corrected chi connectivity index (χ1v) is 12.4. The van der Waals surface area contributed by atoms with E-state index in [4.69, 9.17) is 10.5 Å². The highest BCUT2D eigenvalue weighted by Gasteiger charge is 2.19. The molecule has 184 valence electrons. The van der Waals surface area contributed by atoms with Gasteiger partial charge in [-0.05, 0) is 50.9 Å². The molecule has 33 heavy (non-hydrogen) atoms. The second kappa shape index (κ2) is 13.9. The highest BCUT2D eigenvalue weighted by molar-refractivity contribution is 5.98. The topological polar surface area (TPSA) is 143 Å². The molecule has 2 aliphatic heterocycles. The second-order valence-corrected chi connectivity index (χ2v) is 8.88. The molecule has 2 aliphatic rings. The van der Waals surface area contributed by atoms with Gasteiger partial charge in [0.1, 0.15) is 11.4 Å². The van der Waals surface area contributed by atoms with Crippen molar-refractivity contribution in [1.29, 1.82) is 0 Å². The first-order chi connectivity index (χ1) is 16.1. The zero-order chi connectivity index (χ0) is 23.3. The molecule has 2 amide bonds. The van der Waals surface area contributed by atoms with Crippen molar-refractivity contribution in [1.82, 2.24) is 20.6 Å². The lowest BCUT2D eigenvalue weighted by molar-refractivity contribution is -0.122. The SMILES string of the molecule is NC1CCCCNc2nc(ncc2C(=O)NCC2CCOCC2)NCCCCCCNC1=O. The molecule has 0 saturated carbocycles. The minimum Gasteiger partial charge on any atom is -0.381 e. The summed E-state index contributed by atoms with van der Waals surface area (Å²) in [5, 5.41) is 12.5. The normalized spacial score (nSPS) is 22.1. The fourth-order valence-corrected chi connectivity index (χ4v) is 4.02. The molecule has 0 radical (unpaired) electrons. The maximum absolute atomic E-state index is 12.9. The standard InChI is InChI=1S/C23H39N7O3/c24-19-7-3-6-10-25-20-18(21(31)28-15-17-8-13-33-14-9-17)16-29-23(30-20)27-12-5-2-1-4-11-26-22(19)32/h16-17,19H,1-15,24H2,(H,26,32)(H,28,31)(H2,25,27,29,30). The van der Waals surface area contributed by atoms with Crippen molar-refractivity contribution in [3.8, 4) is 0 Å². The van der Waals surface area contributed by atoms with Crippen LogP contribution in [0.25, 0.3) is 0 Å². The van der Waals surface area contributed by atoms with E-state index >= 15 is 0 Å². The Balaban J connectivity index is 1.61. The van der Waals surface area contributed by atoms with E-state index in [0.717, 1.165) is 71.1 Å². The summed E-state index contributed by atoms with van der Waals surface area (Å²) < 4.78 is 5.39. The molecule has 1 fully saturated rings. The van der Waals surface area contributed by atoms with Gasteiger partial charge in [-0.2, -0.15) is 4.98 Å². The first kappa shape index (κ1) is 25.2. The van der Waals surface area contributed by atoms with Crippen molar-refractivity contribution < 1.29 is 14.3 Å². The molecule has 1 unspecified atom stereocenters. The highest BCUT2D eigenvalue weighted by atomic mass is 16.5. The maximum Gasteiger partial charge on any atom is 0.256 e. The van der Waals surface area contributed by atoms with Crippen LogP contribution >= 0.6 is 0 Å². The van der Waals surface area contributed by atoms with Crippen LogP contribution in [-0.2, 0) is 9.53 Å². The number of ether oxygens (including phenoxy) is 1. The van der Waals surface area contributed by atoms with Gasteiger partial charge in [-0.15, -0.1) is 0 Å². The van der Waals surface area contributed by atoms with Crippen LogP contribution in [0.3, 0.4) is 0 Å². The smallest absolute Gasteiger partial charge is 0.256 e. The van der Waals surface area contributed by atoms with E-state index in [0.29, 0.717) is 49.3 Å². The van der Waals surface area contributed by atoms with E-state index in [1.165, 1.54) is 0 Å². The number of amides is 2. The molecule has 3 heterocycles. The van der Waals surface area contributed by atoms with Crippen molar-refractivity contribution in [2.45, 2.75) is 63.8 Å². The van der Waals surface area contributed by atoms with E-state index in [2.05, 4.69) is 31.2 Å². The molecule has 3 rings (SSSR count). The van der Waals surface area contributed by atoms with Gasteiger partial charge in [0.15, 0.2) is 0 Å². The first-order valence-electron chi connectivity index (χ1n) is 12.4. The van der Waals surface area contributed by atoms with Gasteiger partial charge in [0.05, 0.1) is 6.04 Å². The van der Waals surface area contributed by atoms with Crippen LogP contribution in [0.5, 0.6) is 0 Å². The predicted molar refractivity (Wildman–Crippen MR) is 128 cm³/mol. The number of fused-ring (bicyclic) bond motifs is 2. The van der Waals surface area contributed by atoms with Crippen LogP contribution in [-0.4, -0.2) is 67.2 Å². The Morgan fingerprint density at radius 3 is 2.48 bits per heavy atom. The average molecular weight is 462 g/mol. The number of rotatable bonds is 3. The van der Waals surface area contributed by atoms with E-state index in [9.17, 15) is 9.59 Å². The van der Waals surface area contributed by atoms with Crippen molar-refractivity contribution in [2.24, 2.45) is 11.7 Å². The summed E-state index contributed by atoms with van der Waals surface area (Å²) in [6.45, 7) is 4.19. The molecule has 1 aromatic heterocycles. The van der Waals surface area contributed by atoms with Crippen LogP contribution in [0, 0.1) is 5.92 Å². The van der Waals surface area contributed by atoms with Crippen LogP contribution in [0.1, 0.15) is 68.1 Å². The van der Waals surface area contributed by atoms with Gasteiger partial charge < -0.3 is 31.7 Å². The van der Waals surface area contributed by atoms with Crippen LogP contribution < -0.4 is 27.0 Å². The molecule has 0 aliphatic carbocycles. The molecule has 6 N–H and O–H groups in total. The third-order valence-electron chi connectivity index (χ3n) is 6.18. The van der Waals surface area contributed by atoms with E-state index in [1.54, 1.807) is 6.20 Å². The Bertz CT molecular complexity index is 756. The summed E-state index contributed by atoms with van der Waals surface area (Å²) in [4.78, 5) is 33.9. The molecule has 1 atom stereocenters. The molecular weight excluding hydrogens is 422 g/mol. The summed E-state index contributed by atoms with van der Waals surface area (Å²) in [7, 11) is 0. The van der Waals surface area contributed by atoms with Crippen molar-refractivity contribution in [2.75, 3.05) is 50.0 Å². The third kappa shape index (κ3) is 8.77. The molecule has 10 heteroatoms. The number of carbonyl (C=O) groups excluding carboxylic acids is 2. The number of carbonyl (C=O) groups is 2. The summed E-state index contributed by atoms with van der Waals surface area (Å²) in [5.74, 6) is 1.24. The fourth-order valence-electron chi connectivity index (χ4n) is 4.02. The lowest BCUT2D eigenvalue weighted by Crippen LogP contribution is -2.40. The Hall–Kier alpha value is -2.46. The highest BCUT2D eigenvalue weighted by Crippen LogP contribution is 2.17. The molecule has 1 aromatic rings. The molecule has 0 aromatic carbocycles. The third-order valence-corrected chi connectivity index (χ3v) is 6.18. The lowest BCUT2D eigenvalue weighted by Gasteiger charge is -2.22. The van der Waals surface area contributed by atoms with Gasteiger partial charge in [0.2, 0.25) is 11.9 Å². The van der Waals surface area contributed by atoms with E-state index in [1.807, 2.05) is 0 Å². The van der Waals surface area contributed by atoms with Crippen molar-refractivity contribution in [3.63, 3.8) is 0 Å². The molecular formula is C23H39N7O3. The van der Waals surface area contributed by atoms with E-state index in [-0.39, 0.29) is 11.8 Å². The number of nitrogens with zero attached hydrogens (tertiary/aromatic N) is 2. The quantitative estimate of drug-likeness (QED) is 0.457. The Kier molecular flexibility index (Phi) is 10.6. The van der Waals surface area contributed by atoms with Gasteiger partial charge >= 0.3 is 0 Å². The van der Waals surface area contributed by atoms with Crippen LogP contribution in [0.15, 0.2) is 6.20 Å². The van der Waals surface area contributed by atoms with Crippen molar-refractivity contribution in [3.05, 3.63) is 11.8 Å². The van der Waals surface area contributed by atoms with Gasteiger partial charge in [-0.3, -0.25) is 9.59 Å². The number of anilines is 2. The summed E-state index contributed by atoms with van der Waals surface area (Å²) in [6, 6.07) is -0.481. The minimum absolute atomic E-state index is 0.0744. The molecule has 0 spiro atoms. The summed E-state index contributed by atoms with van der Waals surface area (Å²) in [5.41, 5.74) is 6.46. The van der Waals surface area contributed by atoms with Gasteiger partial charge in [-0.25, -0.2) is 4.98 Å². The van der Waals surface area contributed by atoms with Gasteiger partial charge in [0, 0.05) is 45.6 Å².